The summed E-state index contributed by atoms with van der Waals surface area (Å²) in [6.07, 6.45) is 1.83. The van der Waals surface area contributed by atoms with Crippen molar-refractivity contribution < 1.29 is 9.18 Å². The van der Waals surface area contributed by atoms with E-state index in [0.29, 0.717) is 18.5 Å². The molecule has 1 unspecified atom stereocenters. The van der Waals surface area contributed by atoms with Crippen LogP contribution < -0.4 is 10.6 Å². The third-order valence-corrected chi connectivity index (χ3v) is 3.76. The molecule has 1 amide bonds. The highest BCUT2D eigenvalue weighted by Gasteiger charge is 2.13. The van der Waals surface area contributed by atoms with Gasteiger partial charge in [-0.2, -0.15) is 5.26 Å². The normalized spacial score (nSPS) is 12.1. The minimum atomic E-state index is -0.447. The highest BCUT2D eigenvalue weighted by molar-refractivity contribution is 5.97. The van der Waals surface area contributed by atoms with Gasteiger partial charge in [-0.25, -0.2) is 4.39 Å². The van der Waals surface area contributed by atoms with Crippen molar-refractivity contribution in [2.24, 2.45) is 0 Å². The first-order chi connectivity index (χ1) is 12.1. The zero-order valence-corrected chi connectivity index (χ0v) is 14.0. The molecule has 4 nitrogen and oxygen atoms in total. The minimum Gasteiger partial charge on any atom is -0.389 e. The van der Waals surface area contributed by atoms with Crippen molar-refractivity contribution in [2.75, 3.05) is 6.54 Å². The lowest BCUT2D eigenvalue weighted by Gasteiger charge is -2.13. The third-order valence-electron chi connectivity index (χ3n) is 3.76. The molecule has 0 bridgehead atoms. The maximum atomic E-state index is 13.5. The molecule has 0 saturated carbocycles. The summed E-state index contributed by atoms with van der Waals surface area (Å²) in [6.45, 7) is 2.28. The number of benzene rings is 2. The van der Waals surface area contributed by atoms with Crippen molar-refractivity contribution in [1.82, 2.24) is 10.6 Å². The number of carbonyl (C=O) groups is 1. The largest absolute Gasteiger partial charge is 0.389 e. The van der Waals surface area contributed by atoms with E-state index in [9.17, 15) is 9.18 Å². The Hall–Kier alpha value is -3.13. The number of nitriles is 1. The highest BCUT2D eigenvalue weighted by Crippen LogP contribution is 2.11. The van der Waals surface area contributed by atoms with Gasteiger partial charge in [0.25, 0.3) is 5.91 Å². The van der Waals surface area contributed by atoms with Gasteiger partial charge in [0.15, 0.2) is 0 Å². The lowest BCUT2D eigenvalue weighted by atomic mass is 10.1. The summed E-state index contributed by atoms with van der Waals surface area (Å²) < 4.78 is 13.5. The molecule has 0 saturated heterocycles. The lowest BCUT2D eigenvalue weighted by Crippen LogP contribution is -2.28. The number of carbonyl (C=O) groups excluding carboxylic acids is 1. The van der Waals surface area contributed by atoms with E-state index in [1.807, 2.05) is 43.3 Å². The van der Waals surface area contributed by atoms with Crippen LogP contribution in [0.4, 0.5) is 4.39 Å². The Morgan fingerprint density at radius 2 is 1.88 bits per heavy atom. The van der Waals surface area contributed by atoms with Crippen LogP contribution in [-0.2, 0) is 11.2 Å². The van der Waals surface area contributed by atoms with Crippen LogP contribution in [0.3, 0.4) is 0 Å². The zero-order valence-electron chi connectivity index (χ0n) is 14.0. The Morgan fingerprint density at radius 1 is 1.20 bits per heavy atom. The van der Waals surface area contributed by atoms with Gasteiger partial charge in [0.2, 0.25) is 0 Å². The first-order valence-corrected chi connectivity index (χ1v) is 8.04. The number of nitrogens with one attached hydrogen (secondary N) is 2. The molecule has 0 spiro atoms. The van der Waals surface area contributed by atoms with Gasteiger partial charge in [0, 0.05) is 12.7 Å². The number of halogens is 1. The van der Waals surface area contributed by atoms with E-state index in [1.165, 1.54) is 12.3 Å². The topological polar surface area (TPSA) is 64.9 Å². The van der Waals surface area contributed by atoms with Crippen LogP contribution >= 0.6 is 0 Å². The molecule has 0 fully saturated rings. The maximum Gasteiger partial charge on any atom is 0.263 e. The number of hydrogen-bond donors (Lipinski definition) is 2. The van der Waals surface area contributed by atoms with Crippen molar-refractivity contribution in [3.63, 3.8) is 0 Å². The van der Waals surface area contributed by atoms with Gasteiger partial charge in [0.1, 0.15) is 17.5 Å². The molecule has 0 radical (unpaired) electrons. The predicted molar refractivity (Wildman–Crippen MR) is 94.8 cm³/mol. The summed E-state index contributed by atoms with van der Waals surface area (Å²) in [4.78, 5) is 12.2. The fraction of sp³-hybridized carbons (Fsp3) is 0.200. The molecule has 2 aromatic rings. The van der Waals surface area contributed by atoms with Crippen LogP contribution in [0.5, 0.6) is 0 Å². The lowest BCUT2D eigenvalue weighted by molar-refractivity contribution is -0.117. The zero-order chi connectivity index (χ0) is 18.1. The number of hydrogen-bond acceptors (Lipinski definition) is 3. The van der Waals surface area contributed by atoms with Crippen LogP contribution in [0.2, 0.25) is 0 Å². The smallest absolute Gasteiger partial charge is 0.263 e. The van der Waals surface area contributed by atoms with Gasteiger partial charge < -0.3 is 10.6 Å². The molecule has 0 aromatic heterocycles. The van der Waals surface area contributed by atoms with Crippen LogP contribution in [0.25, 0.3) is 0 Å². The molecule has 0 aliphatic heterocycles. The van der Waals surface area contributed by atoms with Crippen molar-refractivity contribution in [2.45, 2.75) is 19.4 Å². The first-order valence-electron chi connectivity index (χ1n) is 8.04. The molecule has 0 aliphatic rings. The van der Waals surface area contributed by atoms with E-state index in [2.05, 4.69) is 10.6 Å². The van der Waals surface area contributed by atoms with Gasteiger partial charge >= 0.3 is 0 Å². The van der Waals surface area contributed by atoms with E-state index in [4.69, 9.17) is 5.26 Å². The molecular formula is C20H20FN3O. The molecule has 1 atom stereocenters. The van der Waals surface area contributed by atoms with Gasteiger partial charge in [-0.15, -0.1) is 0 Å². The molecule has 0 heterocycles. The summed E-state index contributed by atoms with van der Waals surface area (Å²) in [5.41, 5.74) is 1.53. The Kier molecular flexibility index (Phi) is 6.73. The Morgan fingerprint density at radius 3 is 2.56 bits per heavy atom. The van der Waals surface area contributed by atoms with E-state index in [0.717, 1.165) is 5.56 Å². The van der Waals surface area contributed by atoms with Crippen LogP contribution in [0.1, 0.15) is 24.1 Å². The molecule has 2 N–H and O–H groups in total. The highest BCUT2D eigenvalue weighted by atomic mass is 19.1. The van der Waals surface area contributed by atoms with Crippen molar-refractivity contribution in [1.29, 1.82) is 5.26 Å². The first kappa shape index (κ1) is 18.2. The molecule has 2 aromatic carbocycles. The molecule has 128 valence electrons. The van der Waals surface area contributed by atoms with E-state index in [-0.39, 0.29) is 17.4 Å². The molecule has 25 heavy (non-hydrogen) atoms. The second kappa shape index (κ2) is 9.24. The summed E-state index contributed by atoms with van der Waals surface area (Å²) >= 11 is 0. The molecule has 0 aliphatic carbocycles. The number of amides is 1. The van der Waals surface area contributed by atoms with Crippen LogP contribution in [-0.4, -0.2) is 12.5 Å². The number of rotatable bonds is 7. The summed E-state index contributed by atoms with van der Waals surface area (Å²) in [6, 6.07) is 17.7. The van der Waals surface area contributed by atoms with Crippen LogP contribution in [0.15, 0.2) is 66.4 Å². The fourth-order valence-corrected chi connectivity index (χ4v) is 2.33. The second-order valence-electron chi connectivity index (χ2n) is 5.57. The van der Waals surface area contributed by atoms with Gasteiger partial charge in [-0.3, -0.25) is 4.79 Å². The average Bonchev–Trinajstić information content (AvgIpc) is 2.63. The van der Waals surface area contributed by atoms with Gasteiger partial charge in [-0.05, 0) is 30.5 Å². The molecular weight excluding hydrogens is 317 g/mol. The third kappa shape index (κ3) is 5.47. The quantitative estimate of drug-likeness (QED) is 0.463. The monoisotopic (exact) mass is 337 g/mol. The SMILES string of the molecule is CC(NC(=O)/C(C#N)=C\NCCc1ccccc1F)c1ccccc1. The van der Waals surface area contributed by atoms with Crippen molar-refractivity contribution in [3.05, 3.63) is 83.3 Å². The Bertz CT molecular complexity index is 781. The minimum absolute atomic E-state index is 0.0173. The second-order valence-corrected chi connectivity index (χ2v) is 5.57. The summed E-state index contributed by atoms with van der Waals surface area (Å²) in [5, 5.41) is 14.8. The fourth-order valence-electron chi connectivity index (χ4n) is 2.33. The van der Waals surface area contributed by atoms with Crippen LogP contribution in [0, 0.1) is 17.1 Å². The Balaban J connectivity index is 1.88. The average molecular weight is 337 g/mol. The Labute approximate surface area is 147 Å². The summed E-state index contributed by atoms with van der Waals surface area (Å²) in [5.74, 6) is -0.708. The molecule has 2 rings (SSSR count). The van der Waals surface area contributed by atoms with E-state index in [1.54, 1.807) is 18.2 Å². The van der Waals surface area contributed by atoms with E-state index < -0.39 is 5.91 Å². The predicted octanol–water partition coefficient (Wildman–Crippen LogP) is 3.24. The van der Waals surface area contributed by atoms with Crippen molar-refractivity contribution >= 4 is 5.91 Å². The van der Waals surface area contributed by atoms with E-state index >= 15 is 0 Å². The number of nitrogens with zero attached hydrogens (tertiary/aromatic N) is 1. The molecule has 5 heteroatoms. The van der Waals surface area contributed by atoms with Gasteiger partial charge in [0.05, 0.1) is 6.04 Å². The standard InChI is InChI=1S/C20H20FN3O/c1-15(16-7-3-2-4-8-16)24-20(25)18(13-22)14-23-12-11-17-9-5-6-10-19(17)21/h2-10,14-15,23H,11-12H2,1H3,(H,24,25)/b18-14-. The maximum absolute atomic E-state index is 13.5. The summed E-state index contributed by atoms with van der Waals surface area (Å²) in [7, 11) is 0. The van der Waals surface area contributed by atoms with Gasteiger partial charge in [-0.1, -0.05) is 48.5 Å². The van der Waals surface area contributed by atoms with Crippen molar-refractivity contribution in [3.8, 4) is 6.07 Å².